The van der Waals surface area contributed by atoms with Gasteiger partial charge in [0, 0.05) is 12.6 Å². The lowest BCUT2D eigenvalue weighted by molar-refractivity contribution is 0.277. The number of nitrogens with zero attached hydrogens (tertiary/aromatic N) is 2. The lowest BCUT2D eigenvalue weighted by Gasteiger charge is -2.07. The van der Waals surface area contributed by atoms with Gasteiger partial charge in [-0.25, -0.2) is 4.68 Å². The fourth-order valence-electron chi connectivity index (χ4n) is 1.58. The maximum Gasteiger partial charge on any atom is 0.214 e. The Hall–Kier alpha value is -1.77. The predicted octanol–water partition coefficient (Wildman–Crippen LogP) is 2.62. The fraction of sp³-hybridized carbons (Fsp3) is 0.308. The van der Waals surface area contributed by atoms with Gasteiger partial charge in [-0.05, 0) is 19.4 Å². The first-order chi connectivity index (χ1) is 7.66. The molecular weight excluding hydrogens is 200 g/mol. The van der Waals surface area contributed by atoms with Crippen LogP contribution in [0.2, 0.25) is 0 Å². The first-order valence-electron chi connectivity index (χ1n) is 5.34. The molecule has 2 aromatic rings. The van der Waals surface area contributed by atoms with E-state index < -0.39 is 0 Å². The van der Waals surface area contributed by atoms with Gasteiger partial charge in [0.25, 0.3) is 0 Å². The van der Waals surface area contributed by atoms with Gasteiger partial charge >= 0.3 is 0 Å². The smallest absolute Gasteiger partial charge is 0.214 e. The van der Waals surface area contributed by atoms with Gasteiger partial charge in [-0.15, -0.1) is 0 Å². The summed E-state index contributed by atoms with van der Waals surface area (Å²) in [6.07, 6.45) is 1.81. The van der Waals surface area contributed by atoms with Gasteiger partial charge in [-0.2, -0.15) is 5.10 Å². The Balaban J connectivity index is 2.05. The Morgan fingerprint density at radius 2 is 1.88 bits per heavy atom. The molecule has 2 rings (SSSR count). The number of benzene rings is 1. The highest BCUT2D eigenvalue weighted by atomic mass is 16.5. The zero-order valence-corrected chi connectivity index (χ0v) is 9.90. The van der Waals surface area contributed by atoms with Gasteiger partial charge in [-0.1, -0.05) is 29.8 Å². The molecule has 0 fully saturated rings. The van der Waals surface area contributed by atoms with E-state index in [1.807, 2.05) is 20.2 Å². The van der Waals surface area contributed by atoms with Crippen LogP contribution in [0, 0.1) is 13.8 Å². The second-order valence-electron chi connectivity index (χ2n) is 4.03. The highest BCUT2D eigenvalue weighted by molar-refractivity contribution is 5.24. The van der Waals surface area contributed by atoms with Crippen molar-refractivity contribution in [3.05, 3.63) is 47.2 Å². The van der Waals surface area contributed by atoms with Gasteiger partial charge in [0.1, 0.15) is 6.61 Å². The van der Waals surface area contributed by atoms with Crippen molar-refractivity contribution in [1.29, 1.82) is 0 Å². The van der Waals surface area contributed by atoms with E-state index in [-0.39, 0.29) is 0 Å². The molecule has 0 aliphatic heterocycles. The predicted molar refractivity (Wildman–Crippen MR) is 63.5 cm³/mol. The monoisotopic (exact) mass is 216 g/mol. The third-order valence-electron chi connectivity index (χ3n) is 2.55. The molecule has 0 radical (unpaired) electrons. The zero-order chi connectivity index (χ0) is 11.5. The molecule has 84 valence electrons. The second-order valence-corrected chi connectivity index (χ2v) is 4.03. The van der Waals surface area contributed by atoms with Gasteiger partial charge in [0.15, 0.2) is 0 Å². The summed E-state index contributed by atoms with van der Waals surface area (Å²) in [5.41, 5.74) is 3.50. The summed E-state index contributed by atoms with van der Waals surface area (Å²) in [5.74, 6) is 0.834. The van der Waals surface area contributed by atoms with E-state index >= 15 is 0 Å². The second kappa shape index (κ2) is 4.39. The highest BCUT2D eigenvalue weighted by Gasteiger charge is 2.05. The van der Waals surface area contributed by atoms with Crippen molar-refractivity contribution in [3.63, 3.8) is 0 Å². The van der Waals surface area contributed by atoms with E-state index in [0.717, 1.165) is 11.4 Å². The number of ether oxygens (including phenoxy) is 1. The molecule has 0 amide bonds. The van der Waals surface area contributed by atoms with Crippen molar-refractivity contribution < 1.29 is 4.74 Å². The summed E-state index contributed by atoms with van der Waals surface area (Å²) in [7, 11) is 1.89. The van der Waals surface area contributed by atoms with Crippen LogP contribution < -0.4 is 4.74 Å². The Kier molecular flexibility index (Phi) is 2.95. The van der Waals surface area contributed by atoms with Crippen LogP contribution in [0.15, 0.2) is 30.5 Å². The van der Waals surface area contributed by atoms with Crippen molar-refractivity contribution in [2.75, 3.05) is 0 Å². The molecular formula is C13H16N2O. The van der Waals surface area contributed by atoms with Crippen LogP contribution in [0.4, 0.5) is 0 Å². The van der Waals surface area contributed by atoms with Crippen molar-refractivity contribution in [1.82, 2.24) is 9.78 Å². The summed E-state index contributed by atoms with van der Waals surface area (Å²) in [6, 6.07) is 8.35. The highest BCUT2D eigenvalue weighted by Crippen LogP contribution is 2.17. The van der Waals surface area contributed by atoms with E-state index in [0.29, 0.717) is 6.61 Å². The normalized spacial score (nSPS) is 10.4. The van der Waals surface area contributed by atoms with E-state index in [4.69, 9.17) is 4.74 Å². The average Bonchev–Trinajstić information content (AvgIpc) is 2.59. The lowest BCUT2D eigenvalue weighted by Crippen LogP contribution is -2.01. The third-order valence-corrected chi connectivity index (χ3v) is 2.55. The van der Waals surface area contributed by atoms with Crippen molar-refractivity contribution in [2.45, 2.75) is 20.5 Å². The Morgan fingerprint density at radius 3 is 2.44 bits per heavy atom. The zero-order valence-electron chi connectivity index (χ0n) is 9.90. The SMILES string of the molecule is Cc1ccc(COc2c(C)cnn2C)cc1. The third kappa shape index (κ3) is 2.24. The van der Waals surface area contributed by atoms with E-state index in [1.54, 1.807) is 4.68 Å². The Morgan fingerprint density at radius 1 is 1.19 bits per heavy atom. The molecule has 0 spiro atoms. The van der Waals surface area contributed by atoms with Crippen LogP contribution in [0.1, 0.15) is 16.7 Å². The number of rotatable bonds is 3. The topological polar surface area (TPSA) is 27.1 Å². The molecule has 0 saturated heterocycles. The molecule has 3 heteroatoms. The maximum atomic E-state index is 5.73. The van der Waals surface area contributed by atoms with Crippen molar-refractivity contribution in [3.8, 4) is 5.88 Å². The molecule has 16 heavy (non-hydrogen) atoms. The number of hydrogen-bond acceptors (Lipinski definition) is 2. The minimum absolute atomic E-state index is 0.584. The van der Waals surface area contributed by atoms with Gasteiger partial charge < -0.3 is 4.74 Å². The first-order valence-corrected chi connectivity index (χ1v) is 5.34. The quantitative estimate of drug-likeness (QED) is 0.788. The van der Waals surface area contributed by atoms with E-state index in [1.165, 1.54) is 11.1 Å². The van der Waals surface area contributed by atoms with Crippen LogP contribution in [0.3, 0.4) is 0 Å². The minimum atomic E-state index is 0.584. The molecule has 0 bridgehead atoms. The average molecular weight is 216 g/mol. The van der Waals surface area contributed by atoms with E-state index in [2.05, 4.69) is 36.3 Å². The summed E-state index contributed by atoms with van der Waals surface area (Å²) in [4.78, 5) is 0. The minimum Gasteiger partial charge on any atom is -0.473 e. The molecule has 0 N–H and O–H groups in total. The largest absolute Gasteiger partial charge is 0.473 e. The van der Waals surface area contributed by atoms with Crippen LogP contribution in [0.5, 0.6) is 5.88 Å². The first kappa shape index (κ1) is 10.7. The van der Waals surface area contributed by atoms with Crippen molar-refractivity contribution in [2.24, 2.45) is 7.05 Å². The summed E-state index contributed by atoms with van der Waals surface area (Å²) < 4.78 is 7.49. The van der Waals surface area contributed by atoms with Gasteiger partial charge in [0.05, 0.1) is 6.20 Å². The van der Waals surface area contributed by atoms with Crippen LogP contribution in [-0.4, -0.2) is 9.78 Å². The Bertz CT molecular complexity index is 452. The Labute approximate surface area is 95.7 Å². The molecule has 0 saturated carbocycles. The van der Waals surface area contributed by atoms with Crippen LogP contribution in [0.25, 0.3) is 0 Å². The summed E-state index contributed by atoms with van der Waals surface area (Å²) >= 11 is 0. The van der Waals surface area contributed by atoms with Gasteiger partial charge in [-0.3, -0.25) is 0 Å². The number of hydrogen-bond donors (Lipinski definition) is 0. The molecule has 3 nitrogen and oxygen atoms in total. The fourth-order valence-corrected chi connectivity index (χ4v) is 1.58. The van der Waals surface area contributed by atoms with Gasteiger partial charge in [0.2, 0.25) is 5.88 Å². The molecule has 1 aromatic carbocycles. The standard InChI is InChI=1S/C13H16N2O/c1-10-4-6-12(7-5-10)9-16-13-11(2)8-14-15(13)3/h4-8H,9H2,1-3H3. The number of aryl methyl sites for hydroxylation is 3. The lowest BCUT2D eigenvalue weighted by atomic mass is 10.2. The molecule has 0 unspecified atom stereocenters. The molecule has 1 aromatic heterocycles. The van der Waals surface area contributed by atoms with Crippen LogP contribution >= 0.6 is 0 Å². The van der Waals surface area contributed by atoms with E-state index in [9.17, 15) is 0 Å². The molecule has 0 aliphatic carbocycles. The summed E-state index contributed by atoms with van der Waals surface area (Å²) in [6.45, 7) is 4.66. The molecule has 0 atom stereocenters. The van der Waals surface area contributed by atoms with Crippen LogP contribution in [-0.2, 0) is 13.7 Å². The maximum absolute atomic E-state index is 5.73. The number of aromatic nitrogens is 2. The molecule has 0 aliphatic rings. The summed E-state index contributed by atoms with van der Waals surface area (Å²) in [5, 5.41) is 4.13. The molecule has 1 heterocycles. The van der Waals surface area contributed by atoms with Crippen molar-refractivity contribution >= 4 is 0 Å².